The Morgan fingerprint density at radius 3 is 2.90 bits per heavy atom. The summed E-state index contributed by atoms with van der Waals surface area (Å²) in [5, 5.41) is 7.24. The molecule has 1 saturated carbocycles. The maximum atomic E-state index is 5.45. The van der Waals surface area contributed by atoms with Crippen LogP contribution < -0.4 is 10.6 Å². The molecule has 2 N–H and O–H groups in total. The Morgan fingerprint density at radius 2 is 2.14 bits per heavy atom. The second-order valence-corrected chi connectivity index (χ2v) is 8.65. The number of likely N-dealkylation sites (tertiary alicyclic amines) is 1. The number of ether oxygens (including phenoxy) is 1. The Balaban J connectivity index is 1.25. The first-order chi connectivity index (χ1) is 14.3. The molecule has 0 amide bonds. The van der Waals surface area contributed by atoms with E-state index in [1.807, 2.05) is 12.1 Å². The number of furan rings is 1. The molecule has 2 aliphatic heterocycles. The van der Waals surface area contributed by atoms with Crippen molar-refractivity contribution in [1.29, 1.82) is 0 Å². The molecular formula is C22H37N5O2. The SMILES string of the molecule is CC1CC(NC(=NCCCN2CCOCC2)NCCc2ccco2)CN1C1CC1. The first kappa shape index (κ1) is 20.7. The fourth-order valence-electron chi connectivity index (χ4n) is 4.49. The highest BCUT2D eigenvalue weighted by Crippen LogP contribution is 2.33. The van der Waals surface area contributed by atoms with Gasteiger partial charge in [0.15, 0.2) is 5.96 Å². The molecular weight excluding hydrogens is 366 g/mol. The normalized spacial score (nSPS) is 26.7. The largest absolute Gasteiger partial charge is 0.469 e. The van der Waals surface area contributed by atoms with E-state index in [0.717, 1.165) is 83.1 Å². The monoisotopic (exact) mass is 403 g/mol. The molecule has 0 aromatic carbocycles. The minimum atomic E-state index is 0.486. The van der Waals surface area contributed by atoms with Crippen LogP contribution in [0.15, 0.2) is 27.8 Å². The Labute approximate surface area is 174 Å². The van der Waals surface area contributed by atoms with E-state index in [1.165, 1.54) is 19.3 Å². The summed E-state index contributed by atoms with van der Waals surface area (Å²) in [4.78, 5) is 10.0. The van der Waals surface area contributed by atoms with Gasteiger partial charge in [0.1, 0.15) is 5.76 Å². The van der Waals surface area contributed by atoms with E-state index in [1.54, 1.807) is 6.26 Å². The minimum absolute atomic E-state index is 0.486. The van der Waals surface area contributed by atoms with Crippen molar-refractivity contribution < 1.29 is 9.15 Å². The third-order valence-corrected chi connectivity index (χ3v) is 6.23. The molecule has 1 aromatic rings. The van der Waals surface area contributed by atoms with Gasteiger partial charge in [-0.25, -0.2) is 0 Å². The second kappa shape index (κ2) is 10.5. The van der Waals surface area contributed by atoms with Gasteiger partial charge in [0.2, 0.25) is 0 Å². The van der Waals surface area contributed by atoms with Crippen LogP contribution in [0.3, 0.4) is 0 Å². The first-order valence-electron chi connectivity index (χ1n) is 11.4. The van der Waals surface area contributed by atoms with Crippen molar-refractivity contribution in [3.8, 4) is 0 Å². The summed E-state index contributed by atoms with van der Waals surface area (Å²) in [7, 11) is 0. The lowest BCUT2D eigenvalue weighted by atomic mass is 10.2. The van der Waals surface area contributed by atoms with Gasteiger partial charge in [0.05, 0.1) is 19.5 Å². The number of guanidine groups is 1. The number of morpholine rings is 1. The molecule has 3 fully saturated rings. The van der Waals surface area contributed by atoms with Gasteiger partial charge >= 0.3 is 0 Å². The minimum Gasteiger partial charge on any atom is -0.469 e. The molecule has 162 valence electrons. The lowest BCUT2D eigenvalue weighted by Crippen LogP contribution is -2.45. The zero-order chi connectivity index (χ0) is 19.9. The summed E-state index contributed by atoms with van der Waals surface area (Å²) in [6.07, 6.45) is 7.64. The van der Waals surface area contributed by atoms with Crippen LogP contribution in [0.1, 0.15) is 38.4 Å². The van der Waals surface area contributed by atoms with Crippen LogP contribution in [0.4, 0.5) is 0 Å². The molecule has 2 unspecified atom stereocenters. The van der Waals surface area contributed by atoms with E-state index < -0.39 is 0 Å². The van der Waals surface area contributed by atoms with E-state index in [9.17, 15) is 0 Å². The second-order valence-electron chi connectivity index (χ2n) is 8.65. The molecule has 2 atom stereocenters. The average molecular weight is 404 g/mol. The predicted octanol–water partition coefficient (Wildman–Crippen LogP) is 1.70. The van der Waals surface area contributed by atoms with E-state index in [4.69, 9.17) is 14.1 Å². The van der Waals surface area contributed by atoms with E-state index in [0.29, 0.717) is 12.1 Å². The van der Waals surface area contributed by atoms with Gasteiger partial charge in [0, 0.05) is 63.8 Å². The van der Waals surface area contributed by atoms with Crippen LogP contribution >= 0.6 is 0 Å². The maximum absolute atomic E-state index is 5.45. The van der Waals surface area contributed by atoms with Crippen molar-refractivity contribution in [2.75, 3.05) is 52.5 Å². The summed E-state index contributed by atoms with van der Waals surface area (Å²) in [6, 6.07) is 5.96. The van der Waals surface area contributed by atoms with Gasteiger partial charge in [-0.2, -0.15) is 0 Å². The Hall–Kier alpha value is -1.57. The molecule has 0 radical (unpaired) electrons. The third-order valence-electron chi connectivity index (χ3n) is 6.23. The van der Waals surface area contributed by atoms with Crippen LogP contribution in [0, 0.1) is 0 Å². The molecule has 1 aromatic heterocycles. The van der Waals surface area contributed by atoms with Crippen molar-refractivity contribution in [3.05, 3.63) is 24.2 Å². The van der Waals surface area contributed by atoms with Crippen LogP contribution in [-0.2, 0) is 11.2 Å². The smallest absolute Gasteiger partial charge is 0.191 e. The van der Waals surface area contributed by atoms with Crippen molar-refractivity contribution >= 4 is 5.96 Å². The van der Waals surface area contributed by atoms with Crippen molar-refractivity contribution in [3.63, 3.8) is 0 Å². The van der Waals surface area contributed by atoms with E-state index >= 15 is 0 Å². The van der Waals surface area contributed by atoms with Crippen molar-refractivity contribution in [2.45, 2.75) is 57.2 Å². The molecule has 4 rings (SSSR count). The van der Waals surface area contributed by atoms with Gasteiger partial charge in [0.25, 0.3) is 0 Å². The first-order valence-corrected chi connectivity index (χ1v) is 11.4. The fraction of sp³-hybridized carbons (Fsp3) is 0.773. The predicted molar refractivity (Wildman–Crippen MR) is 115 cm³/mol. The zero-order valence-electron chi connectivity index (χ0n) is 17.8. The number of nitrogens with one attached hydrogen (secondary N) is 2. The van der Waals surface area contributed by atoms with Crippen LogP contribution in [0.25, 0.3) is 0 Å². The topological polar surface area (TPSA) is 65.3 Å². The van der Waals surface area contributed by atoms with Gasteiger partial charge in [-0.05, 0) is 44.7 Å². The summed E-state index contributed by atoms with van der Waals surface area (Å²) in [6.45, 7) is 10.1. The molecule has 29 heavy (non-hydrogen) atoms. The molecule has 7 nitrogen and oxygen atoms in total. The number of nitrogens with zero attached hydrogens (tertiary/aromatic N) is 3. The lowest BCUT2D eigenvalue weighted by Gasteiger charge is -2.26. The Bertz CT molecular complexity index is 625. The Kier molecular flexibility index (Phi) is 7.46. The van der Waals surface area contributed by atoms with Gasteiger partial charge < -0.3 is 19.8 Å². The number of hydrogen-bond donors (Lipinski definition) is 2. The van der Waals surface area contributed by atoms with E-state index in [2.05, 4.69) is 27.4 Å². The number of rotatable bonds is 9. The molecule has 3 aliphatic rings. The summed E-state index contributed by atoms with van der Waals surface area (Å²) in [5.74, 6) is 1.96. The molecule has 0 spiro atoms. The molecule has 7 heteroatoms. The van der Waals surface area contributed by atoms with Crippen LogP contribution in [0.2, 0.25) is 0 Å². The van der Waals surface area contributed by atoms with Crippen molar-refractivity contribution in [2.24, 2.45) is 4.99 Å². The molecule has 1 aliphatic carbocycles. The standard InChI is InChI=1S/C22H37N5O2/c1-18-16-19(17-27(18)20-5-6-20)25-22(24-9-7-21-4-2-13-29-21)23-8-3-10-26-11-14-28-15-12-26/h2,4,13,18-20H,3,5-12,14-17H2,1H3,(H2,23,24,25). The maximum Gasteiger partial charge on any atom is 0.191 e. The summed E-state index contributed by atoms with van der Waals surface area (Å²) in [5.41, 5.74) is 0. The average Bonchev–Trinajstić information content (AvgIpc) is 3.31. The zero-order valence-corrected chi connectivity index (χ0v) is 17.8. The third kappa shape index (κ3) is 6.46. The lowest BCUT2D eigenvalue weighted by molar-refractivity contribution is 0.0377. The van der Waals surface area contributed by atoms with Crippen molar-refractivity contribution in [1.82, 2.24) is 20.4 Å². The number of aliphatic imine (C=N–C) groups is 1. The van der Waals surface area contributed by atoms with E-state index in [-0.39, 0.29) is 0 Å². The highest BCUT2D eigenvalue weighted by atomic mass is 16.5. The molecule has 0 bridgehead atoms. The molecule has 2 saturated heterocycles. The highest BCUT2D eigenvalue weighted by molar-refractivity contribution is 5.80. The fourth-order valence-corrected chi connectivity index (χ4v) is 4.49. The van der Waals surface area contributed by atoms with Crippen LogP contribution in [-0.4, -0.2) is 86.4 Å². The Morgan fingerprint density at radius 1 is 1.28 bits per heavy atom. The number of hydrogen-bond acceptors (Lipinski definition) is 5. The van der Waals surface area contributed by atoms with Gasteiger partial charge in [-0.3, -0.25) is 14.8 Å². The highest BCUT2D eigenvalue weighted by Gasteiger charge is 2.38. The van der Waals surface area contributed by atoms with Crippen LogP contribution in [0.5, 0.6) is 0 Å². The van der Waals surface area contributed by atoms with Gasteiger partial charge in [-0.1, -0.05) is 0 Å². The van der Waals surface area contributed by atoms with Gasteiger partial charge in [-0.15, -0.1) is 0 Å². The molecule has 3 heterocycles. The quantitative estimate of drug-likeness (QED) is 0.372. The summed E-state index contributed by atoms with van der Waals surface area (Å²) >= 11 is 0. The summed E-state index contributed by atoms with van der Waals surface area (Å²) < 4.78 is 10.9.